The molecule has 2 rings (SSSR count). The molecule has 2 aromatic rings. The van der Waals surface area contributed by atoms with Gasteiger partial charge < -0.3 is 10.2 Å². The second-order valence-corrected chi connectivity index (χ2v) is 7.51. The van der Waals surface area contributed by atoms with Crippen LogP contribution in [0.3, 0.4) is 0 Å². The van der Waals surface area contributed by atoms with Gasteiger partial charge in [0.1, 0.15) is 10.2 Å². The van der Waals surface area contributed by atoms with Crippen molar-refractivity contribution in [3.05, 3.63) is 44.5 Å². The van der Waals surface area contributed by atoms with E-state index in [1.54, 1.807) is 21.0 Å². The van der Waals surface area contributed by atoms with Crippen molar-refractivity contribution in [1.29, 1.82) is 0 Å². The number of carbonyl (C=O) groups is 1. The normalized spacial score (nSPS) is 10.6. The van der Waals surface area contributed by atoms with E-state index in [-0.39, 0.29) is 11.2 Å². The number of aromatic nitrogens is 1. The van der Waals surface area contributed by atoms with E-state index in [1.807, 2.05) is 25.1 Å². The van der Waals surface area contributed by atoms with Crippen LogP contribution in [0.15, 0.2) is 28.1 Å². The monoisotopic (exact) mass is 403 g/mol. The Morgan fingerprint density at radius 3 is 2.42 bits per heavy atom. The van der Waals surface area contributed by atoms with Gasteiger partial charge in [-0.3, -0.25) is 0 Å². The lowest BCUT2D eigenvalue weighted by Gasteiger charge is -2.14. The van der Waals surface area contributed by atoms with E-state index in [0.29, 0.717) is 20.6 Å². The lowest BCUT2D eigenvalue weighted by Crippen LogP contribution is -2.27. The number of benzene rings is 1. The molecule has 0 aliphatic carbocycles. The minimum absolute atomic E-state index is 0.181. The summed E-state index contributed by atoms with van der Waals surface area (Å²) in [5.74, 6) is 0. The fourth-order valence-electron chi connectivity index (χ4n) is 1.85. The number of aryl methyl sites for hydroxylation is 1. The Bertz CT molecular complexity index is 797. The van der Waals surface area contributed by atoms with Crippen LogP contribution in [0.25, 0.3) is 0 Å². The van der Waals surface area contributed by atoms with Crippen LogP contribution in [0.1, 0.15) is 11.1 Å². The van der Waals surface area contributed by atoms with Crippen LogP contribution >= 0.6 is 46.6 Å². The molecule has 0 atom stereocenters. The number of urea groups is 1. The molecule has 0 saturated carbocycles. The van der Waals surface area contributed by atoms with Gasteiger partial charge in [0.2, 0.25) is 0 Å². The molecule has 128 valence electrons. The molecular formula is C16H16Cl3N3OS. The van der Waals surface area contributed by atoms with E-state index in [4.69, 9.17) is 34.8 Å². The van der Waals surface area contributed by atoms with E-state index in [1.165, 1.54) is 16.7 Å². The maximum Gasteiger partial charge on any atom is 0.321 e. The lowest BCUT2D eigenvalue weighted by molar-refractivity contribution is 0.230. The molecular weight excluding hydrogens is 389 g/mol. The van der Waals surface area contributed by atoms with Crippen molar-refractivity contribution in [2.75, 3.05) is 19.4 Å². The van der Waals surface area contributed by atoms with Crippen LogP contribution < -0.4 is 5.32 Å². The number of carbonyl (C=O) groups excluding carboxylic acids is 1. The predicted octanol–water partition coefficient (Wildman–Crippen LogP) is 5.90. The highest BCUT2D eigenvalue weighted by Crippen LogP contribution is 2.40. The maximum atomic E-state index is 11.7. The fourth-order valence-corrected chi connectivity index (χ4v) is 3.51. The molecule has 0 saturated heterocycles. The molecule has 0 aliphatic rings. The summed E-state index contributed by atoms with van der Waals surface area (Å²) in [4.78, 5) is 18.4. The number of pyridine rings is 1. The molecule has 0 radical (unpaired) electrons. The first-order valence-electron chi connectivity index (χ1n) is 6.98. The average molecular weight is 405 g/mol. The van der Waals surface area contributed by atoms with Gasteiger partial charge in [-0.05, 0) is 43.2 Å². The van der Waals surface area contributed by atoms with E-state index < -0.39 is 0 Å². The van der Waals surface area contributed by atoms with Gasteiger partial charge in [0.25, 0.3) is 0 Å². The minimum Gasteiger partial charge on any atom is -0.331 e. The first kappa shape index (κ1) is 19.2. The zero-order valence-corrected chi connectivity index (χ0v) is 16.7. The van der Waals surface area contributed by atoms with Gasteiger partial charge in [0, 0.05) is 24.7 Å². The Kier molecular flexibility index (Phi) is 6.26. The summed E-state index contributed by atoms with van der Waals surface area (Å²) in [6, 6.07) is 5.44. The third-order valence-electron chi connectivity index (χ3n) is 3.27. The zero-order valence-electron chi connectivity index (χ0n) is 13.6. The summed E-state index contributed by atoms with van der Waals surface area (Å²) in [6.07, 6.45) is 0. The summed E-state index contributed by atoms with van der Waals surface area (Å²) in [7, 11) is 3.37. The molecule has 1 aromatic carbocycles. The molecule has 4 nitrogen and oxygen atoms in total. The highest BCUT2D eigenvalue weighted by molar-refractivity contribution is 7.99. The summed E-state index contributed by atoms with van der Waals surface area (Å²) >= 11 is 19.8. The summed E-state index contributed by atoms with van der Waals surface area (Å²) in [6.45, 7) is 3.75. The van der Waals surface area contributed by atoms with Crippen molar-refractivity contribution in [2.45, 2.75) is 23.8 Å². The Balaban J connectivity index is 2.27. The quantitative estimate of drug-likeness (QED) is 0.647. The SMILES string of the molecule is Cc1cc(NC(=O)N(C)C)ccc1Sc1nc(Cl)c(Cl)c(C)c1Cl. The van der Waals surface area contributed by atoms with E-state index in [9.17, 15) is 4.79 Å². The van der Waals surface area contributed by atoms with Crippen molar-refractivity contribution in [3.63, 3.8) is 0 Å². The number of anilines is 1. The molecule has 0 fully saturated rings. The predicted molar refractivity (Wildman–Crippen MR) is 102 cm³/mol. The van der Waals surface area contributed by atoms with Gasteiger partial charge in [-0.25, -0.2) is 9.78 Å². The molecule has 0 spiro atoms. The van der Waals surface area contributed by atoms with Gasteiger partial charge >= 0.3 is 6.03 Å². The van der Waals surface area contributed by atoms with Gasteiger partial charge in [0.05, 0.1) is 10.0 Å². The van der Waals surface area contributed by atoms with Crippen molar-refractivity contribution in [1.82, 2.24) is 9.88 Å². The number of hydrogen-bond donors (Lipinski definition) is 1. The Morgan fingerprint density at radius 1 is 1.17 bits per heavy atom. The molecule has 24 heavy (non-hydrogen) atoms. The van der Waals surface area contributed by atoms with Crippen LogP contribution in [-0.4, -0.2) is 30.0 Å². The third kappa shape index (κ3) is 4.28. The lowest BCUT2D eigenvalue weighted by atomic mass is 10.2. The highest BCUT2D eigenvalue weighted by Gasteiger charge is 2.15. The van der Waals surface area contributed by atoms with Gasteiger partial charge in [-0.2, -0.15) is 0 Å². The molecule has 1 aromatic heterocycles. The minimum atomic E-state index is -0.181. The molecule has 8 heteroatoms. The van der Waals surface area contributed by atoms with Gasteiger partial charge in [-0.1, -0.05) is 46.6 Å². The maximum absolute atomic E-state index is 11.7. The first-order chi connectivity index (χ1) is 11.2. The van der Waals surface area contributed by atoms with Gasteiger partial charge in [-0.15, -0.1) is 0 Å². The topological polar surface area (TPSA) is 45.2 Å². The molecule has 1 heterocycles. The summed E-state index contributed by atoms with van der Waals surface area (Å²) in [5, 5.41) is 4.48. The number of halogens is 3. The Hall–Kier alpha value is -1.14. The van der Waals surface area contributed by atoms with Crippen LogP contribution in [-0.2, 0) is 0 Å². The number of hydrogen-bond acceptors (Lipinski definition) is 3. The van der Waals surface area contributed by atoms with Crippen molar-refractivity contribution < 1.29 is 4.79 Å². The first-order valence-corrected chi connectivity index (χ1v) is 8.93. The van der Waals surface area contributed by atoms with Crippen LogP contribution in [0.4, 0.5) is 10.5 Å². The summed E-state index contributed by atoms with van der Waals surface area (Å²) < 4.78 is 0. The van der Waals surface area contributed by atoms with E-state index in [2.05, 4.69) is 10.3 Å². The van der Waals surface area contributed by atoms with Crippen LogP contribution in [0, 0.1) is 13.8 Å². The molecule has 1 N–H and O–H groups in total. The third-order valence-corrected chi connectivity index (χ3v) is 5.84. The second-order valence-electron chi connectivity index (χ2n) is 5.37. The second kappa shape index (κ2) is 7.83. The smallest absolute Gasteiger partial charge is 0.321 e. The average Bonchev–Trinajstić information content (AvgIpc) is 2.52. The van der Waals surface area contributed by atoms with Crippen LogP contribution in [0.2, 0.25) is 15.2 Å². The largest absolute Gasteiger partial charge is 0.331 e. The standard InChI is InChI=1S/C16H16Cl3N3OS/c1-8-7-10(20-16(23)22(3)4)5-6-11(8)24-15-13(18)9(2)12(17)14(19)21-15/h5-7H,1-4H3,(H,20,23). The van der Waals surface area contributed by atoms with Crippen LogP contribution in [0.5, 0.6) is 0 Å². The molecule has 0 unspecified atom stereocenters. The number of rotatable bonds is 3. The number of nitrogens with one attached hydrogen (secondary N) is 1. The van der Waals surface area contributed by atoms with Crippen molar-refractivity contribution in [2.24, 2.45) is 0 Å². The summed E-state index contributed by atoms with van der Waals surface area (Å²) in [5.41, 5.74) is 2.41. The van der Waals surface area contributed by atoms with Crippen molar-refractivity contribution >= 4 is 58.3 Å². The zero-order chi connectivity index (χ0) is 18.0. The molecule has 2 amide bonds. The number of amides is 2. The van der Waals surface area contributed by atoms with E-state index in [0.717, 1.165) is 16.1 Å². The fraction of sp³-hybridized carbons (Fsp3) is 0.250. The molecule has 0 bridgehead atoms. The Labute approximate surface area is 160 Å². The Morgan fingerprint density at radius 2 is 1.83 bits per heavy atom. The van der Waals surface area contributed by atoms with Crippen molar-refractivity contribution in [3.8, 4) is 0 Å². The highest BCUT2D eigenvalue weighted by atomic mass is 35.5. The number of nitrogens with zero attached hydrogens (tertiary/aromatic N) is 2. The van der Waals surface area contributed by atoms with Gasteiger partial charge in [0.15, 0.2) is 0 Å². The van der Waals surface area contributed by atoms with E-state index >= 15 is 0 Å². The molecule has 0 aliphatic heterocycles.